The van der Waals surface area contributed by atoms with Crippen LogP contribution >= 0.6 is 27.5 Å². The molecule has 0 saturated heterocycles. The van der Waals surface area contributed by atoms with E-state index in [1.165, 1.54) is 25.7 Å². The maximum absolute atomic E-state index is 6.12. The molecule has 0 radical (unpaired) electrons. The summed E-state index contributed by atoms with van der Waals surface area (Å²) in [6.45, 7) is 2.01. The molecular weight excluding hydrogens is 338 g/mol. The molecule has 1 N–H and O–H groups in total. The molecule has 1 heterocycles. The standard InChI is InChI=1S/C15H17BrClN3/c1-10-9-20(14-8-11(17)6-7-13(14)16)15(18-10)19-12-4-2-3-5-12/h6-9,12H,2-5H2,1H3,(H,18,19). The molecule has 0 aliphatic heterocycles. The van der Waals surface area contributed by atoms with Gasteiger partial charge in [0, 0.05) is 21.7 Å². The van der Waals surface area contributed by atoms with Crippen LogP contribution in [0.25, 0.3) is 5.69 Å². The zero-order valence-electron chi connectivity index (χ0n) is 11.4. The van der Waals surface area contributed by atoms with Crippen molar-refractivity contribution >= 4 is 33.5 Å². The number of aryl methyl sites for hydroxylation is 1. The summed E-state index contributed by atoms with van der Waals surface area (Å²) in [5.41, 5.74) is 2.01. The van der Waals surface area contributed by atoms with Gasteiger partial charge in [-0.2, -0.15) is 0 Å². The lowest BCUT2D eigenvalue weighted by atomic mass is 10.2. The van der Waals surface area contributed by atoms with Gasteiger partial charge in [-0.15, -0.1) is 0 Å². The first kappa shape index (κ1) is 14.0. The van der Waals surface area contributed by atoms with E-state index in [2.05, 4.69) is 30.8 Å². The summed E-state index contributed by atoms with van der Waals surface area (Å²) in [6.07, 6.45) is 7.09. The molecule has 3 rings (SSSR count). The monoisotopic (exact) mass is 353 g/mol. The molecule has 0 bridgehead atoms. The van der Waals surface area contributed by atoms with E-state index < -0.39 is 0 Å². The molecule has 1 aliphatic carbocycles. The lowest BCUT2D eigenvalue weighted by Crippen LogP contribution is -2.17. The van der Waals surface area contributed by atoms with Crippen molar-refractivity contribution in [1.82, 2.24) is 9.55 Å². The van der Waals surface area contributed by atoms with Crippen LogP contribution in [0.5, 0.6) is 0 Å². The summed E-state index contributed by atoms with van der Waals surface area (Å²) in [5.74, 6) is 0.900. The average molecular weight is 355 g/mol. The van der Waals surface area contributed by atoms with Crippen molar-refractivity contribution in [2.24, 2.45) is 0 Å². The summed E-state index contributed by atoms with van der Waals surface area (Å²) in [5, 5.41) is 4.29. The van der Waals surface area contributed by atoms with Crippen LogP contribution in [-0.2, 0) is 0 Å². The van der Waals surface area contributed by atoms with Crippen molar-refractivity contribution in [1.29, 1.82) is 0 Å². The average Bonchev–Trinajstić information content (AvgIpc) is 3.03. The molecular formula is C15H17BrClN3. The Morgan fingerprint density at radius 3 is 2.85 bits per heavy atom. The van der Waals surface area contributed by atoms with E-state index in [1.807, 2.05) is 31.3 Å². The highest BCUT2D eigenvalue weighted by molar-refractivity contribution is 9.10. The minimum absolute atomic E-state index is 0.536. The number of hydrogen-bond acceptors (Lipinski definition) is 2. The summed E-state index contributed by atoms with van der Waals surface area (Å²) in [7, 11) is 0. The van der Waals surface area contributed by atoms with E-state index >= 15 is 0 Å². The molecule has 0 unspecified atom stereocenters. The molecule has 1 aromatic heterocycles. The van der Waals surface area contributed by atoms with Crippen LogP contribution in [-0.4, -0.2) is 15.6 Å². The Morgan fingerprint density at radius 2 is 2.10 bits per heavy atom. The molecule has 2 aromatic rings. The third kappa shape index (κ3) is 2.86. The Labute approximate surface area is 132 Å². The topological polar surface area (TPSA) is 29.9 Å². The molecule has 1 aliphatic rings. The SMILES string of the molecule is Cc1cn(-c2cc(Cl)ccc2Br)c(NC2CCCC2)n1. The number of hydrogen-bond donors (Lipinski definition) is 1. The smallest absolute Gasteiger partial charge is 0.207 e. The van der Waals surface area contributed by atoms with E-state index in [0.29, 0.717) is 6.04 Å². The Hall–Kier alpha value is -1.00. The number of imidazole rings is 1. The largest absolute Gasteiger partial charge is 0.353 e. The lowest BCUT2D eigenvalue weighted by Gasteiger charge is -2.15. The van der Waals surface area contributed by atoms with Crippen molar-refractivity contribution in [3.05, 3.63) is 39.6 Å². The number of aromatic nitrogens is 2. The maximum Gasteiger partial charge on any atom is 0.207 e. The Morgan fingerprint density at radius 1 is 1.35 bits per heavy atom. The van der Waals surface area contributed by atoms with Gasteiger partial charge in [-0.1, -0.05) is 24.4 Å². The first-order valence-corrected chi connectivity index (χ1v) is 8.08. The van der Waals surface area contributed by atoms with Gasteiger partial charge >= 0.3 is 0 Å². The van der Waals surface area contributed by atoms with Crippen molar-refractivity contribution in [3.63, 3.8) is 0 Å². The number of nitrogens with zero attached hydrogens (tertiary/aromatic N) is 2. The molecule has 5 heteroatoms. The normalized spacial score (nSPS) is 15.8. The van der Waals surface area contributed by atoms with E-state index in [9.17, 15) is 0 Å². The quantitative estimate of drug-likeness (QED) is 0.845. The summed E-state index contributed by atoms with van der Waals surface area (Å²) < 4.78 is 3.08. The molecule has 0 spiro atoms. The Bertz CT molecular complexity index is 618. The number of benzene rings is 1. The summed E-state index contributed by atoms with van der Waals surface area (Å²) in [4.78, 5) is 4.61. The Balaban J connectivity index is 1.97. The van der Waals surface area contributed by atoms with Gasteiger partial charge in [-0.25, -0.2) is 4.98 Å². The minimum Gasteiger partial charge on any atom is -0.353 e. The zero-order valence-corrected chi connectivity index (χ0v) is 13.7. The third-order valence-corrected chi connectivity index (χ3v) is 4.59. The van der Waals surface area contributed by atoms with Gasteiger partial charge in [-0.3, -0.25) is 4.57 Å². The van der Waals surface area contributed by atoms with Gasteiger partial charge in [0.2, 0.25) is 5.95 Å². The highest BCUT2D eigenvalue weighted by Crippen LogP contribution is 2.29. The number of halogens is 2. The van der Waals surface area contributed by atoms with Crippen LogP contribution in [0.2, 0.25) is 5.02 Å². The summed E-state index contributed by atoms with van der Waals surface area (Å²) in [6, 6.07) is 6.33. The summed E-state index contributed by atoms with van der Waals surface area (Å²) >= 11 is 9.71. The third-order valence-electron chi connectivity index (χ3n) is 3.68. The van der Waals surface area contributed by atoms with E-state index in [1.54, 1.807) is 0 Å². The van der Waals surface area contributed by atoms with Crippen LogP contribution in [0.15, 0.2) is 28.9 Å². The molecule has 1 aromatic carbocycles. The zero-order chi connectivity index (χ0) is 14.1. The Kier molecular flexibility index (Phi) is 4.03. The van der Waals surface area contributed by atoms with Crippen LogP contribution in [0, 0.1) is 6.92 Å². The van der Waals surface area contributed by atoms with Gasteiger partial charge in [0.05, 0.1) is 11.4 Å². The van der Waals surface area contributed by atoms with Crippen LogP contribution in [0.3, 0.4) is 0 Å². The molecule has 0 atom stereocenters. The maximum atomic E-state index is 6.12. The van der Waals surface area contributed by atoms with Crippen LogP contribution in [0.1, 0.15) is 31.4 Å². The highest BCUT2D eigenvalue weighted by atomic mass is 79.9. The fourth-order valence-electron chi connectivity index (χ4n) is 2.71. The fourth-order valence-corrected chi connectivity index (χ4v) is 3.31. The van der Waals surface area contributed by atoms with Crippen molar-refractivity contribution < 1.29 is 0 Å². The fraction of sp³-hybridized carbons (Fsp3) is 0.400. The van der Waals surface area contributed by atoms with Gasteiger partial charge in [-0.05, 0) is 53.9 Å². The predicted octanol–water partition coefficient (Wildman–Crippen LogP) is 4.95. The highest BCUT2D eigenvalue weighted by Gasteiger charge is 2.18. The van der Waals surface area contributed by atoms with Crippen molar-refractivity contribution in [3.8, 4) is 5.69 Å². The van der Waals surface area contributed by atoms with Crippen molar-refractivity contribution in [2.45, 2.75) is 38.6 Å². The van der Waals surface area contributed by atoms with Crippen LogP contribution in [0.4, 0.5) is 5.95 Å². The molecule has 1 fully saturated rings. The molecule has 3 nitrogen and oxygen atoms in total. The van der Waals surface area contributed by atoms with Gasteiger partial charge in [0.25, 0.3) is 0 Å². The number of nitrogens with one attached hydrogen (secondary N) is 1. The second-order valence-electron chi connectivity index (χ2n) is 5.30. The number of rotatable bonds is 3. The lowest BCUT2D eigenvalue weighted by molar-refractivity contribution is 0.740. The van der Waals surface area contributed by atoms with Gasteiger partial charge in [0.15, 0.2) is 0 Å². The first-order chi connectivity index (χ1) is 9.63. The molecule has 20 heavy (non-hydrogen) atoms. The van der Waals surface area contributed by atoms with Crippen LogP contribution < -0.4 is 5.32 Å². The predicted molar refractivity (Wildman–Crippen MR) is 86.9 cm³/mol. The number of anilines is 1. The van der Waals surface area contributed by atoms with E-state index in [0.717, 1.165) is 26.8 Å². The molecule has 106 valence electrons. The first-order valence-electron chi connectivity index (χ1n) is 6.91. The van der Waals surface area contributed by atoms with Crippen molar-refractivity contribution in [2.75, 3.05) is 5.32 Å². The second kappa shape index (κ2) is 5.78. The van der Waals surface area contributed by atoms with Gasteiger partial charge in [0.1, 0.15) is 0 Å². The van der Waals surface area contributed by atoms with E-state index in [4.69, 9.17) is 11.6 Å². The van der Waals surface area contributed by atoms with Gasteiger partial charge < -0.3 is 5.32 Å². The minimum atomic E-state index is 0.536. The van der Waals surface area contributed by atoms with E-state index in [-0.39, 0.29) is 0 Å². The molecule has 1 saturated carbocycles. The molecule has 0 amide bonds. The second-order valence-corrected chi connectivity index (χ2v) is 6.59.